The van der Waals surface area contributed by atoms with Crippen molar-refractivity contribution in [3.8, 4) is 5.75 Å². The second-order valence-corrected chi connectivity index (χ2v) is 11.9. The molecule has 1 heterocycles. The second-order valence-electron chi connectivity index (χ2n) is 10.2. The van der Waals surface area contributed by atoms with E-state index in [9.17, 15) is 23.1 Å². The Kier molecular flexibility index (Phi) is 9.26. The number of rotatable bonds is 8. The zero-order valence-electron chi connectivity index (χ0n) is 22.8. The zero-order valence-corrected chi connectivity index (χ0v) is 23.6. The van der Waals surface area contributed by atoms with Gasteiger partial charge in [0, 0.05) is 31.2 Å². The third-order valence-corrected chi connectivity index (χ3v) is 7.86. The van der Waals surface area contributed by atoms with E-state index in [1.807, 2.05) is 27.7 Å². The van der Waals surface area contributed by atoms with E-state index in [1.54, 1.807) is 37.1 Å². The molecule has 0 radical (unpaired) electrons. The largest absolute Gasteiger partial charge is 0.487 e. The van der Waals surface area contributed by atoms with Gasteiger partial charge >= 0.3 is 6.03 Å². The van der Waals surface area contributed by atoms with Crippen LogP contribution in [0.1, 0.15) is 43.6 Å². The van der Waals surface area contributed by atoms with Crippen LogP contribution in [-0.4, -0.2) is 80.2 Å². The number of hydrogen-bond donors (Lipinski definition) is 3. The molecule has 0 spiro atoms. The van der Waals surface area contributed by atoms with E-state index in [0.29, 0.717) is 0 Å². The molecule has 3 atom stereocenters. The molecular formula is C27H38N4O6S. The van der Waals surface area contributed by atoms with Crippen molar-refractivity contribution >= 4 is 27.6 Å². The smallest absolute Gasteiger partial charge is 0.317 e. The fourth-order valence-corrected chi connectivity index (χ4v) is 5.19. The number of aliphatic hydroxyl groups excluding tert-OH is 1. The minimum absolute atomic E-state index is 0.0259. The molecule has 0 saturated heterocycles. The number of benzene rings is 2. The number of hydrogen-bond acceptors (Lipinski definition) is 6. The van der Waals surface area contributed by atoms with Crippen LogP contribution in [0.2, 0.25) is 0 Å². The van der Waals surface area contributed by atoms with E-state index in [-0.39, 0.29) is 65.5 Å². The van der Waals surface area contributed by atoms with E-state index in [2.05, 4.69) is 10.0 Å². The van der Waals surface area contributed by atoms with Crippen molar-refractivity contribution in [2.24, 2.45) is 5.92 Å². The molecule has 0 unspecified atom stereocenters. The highest BCUT2D eigenvalue weighted by atomic mass is 32.2. The van der Waals surface area contributed by atoms with Crippen molar-refractivity contribution in [2.75, 3.05) is 31.5 Å². The summed E-state index contributed by atoms with van der Waals surface area (Å²) >= 11 is 0. The topological polar surface area (TPSA) is 128 Å². The molecule has 11 heteroatoms. The number of sulfonamides is 1. The predicted octanol–water partition coefficient (Wildman–Crippen LogP) is 3.07. The molecule has 3 amide bonds. The summed E-state index contributed by atoms with van der Waals surface area (Å²) in [5, 5.41) is 12.7. The number of ether oxygens (including phenoxy) is 1. The van der Waals surface area contributed by atoms with Gasteiger partial charge in [0.15, 0.2) is 0 Å². The van der Waals surface area contributed by atoms with Crippen molar-refractivity contribution < 1.29 is 27.9 Å². The summed E-state index contributed by atoms with van der Waals surface area (Å²) in [5.74, 6) is -0.276. The van der Waals surface area contributed by atoms with Gasteiger partial charge in [0.05, 0.1) is 29.7 Å². The molecule has 2 aromatic rings. The predicted molar refractivity (Wildman–Crippen MR) is 146 cm³/mol. The Labute approximate surface area is 225 Å². The molecule has 1 aliphatic rings. The van der Waals surface area contributed by atoms with E-state index in [0.717, 1.165) is 5.56 Å². The summed E-state index contributed by atoms with van der Waals surface area (Å²) in [6, 6.07) is 10.2. The van der Waals surface area contributed by atoms with Crippen molar-refractivity contribution in [2.45, 2.75) is 57.7 Å². The highest BCUT2D eigenvalue weighted by Gasteiger charge is 2.34. The van der Waals surface area contributed by atoms with Gasteiger partial charge in [-0.2, -0.15) is 0 Å². The van der Waals surface area contributed by atoms with Gasteiger partial charge in [-0.1, -0.05) is 24.6 Å². The van der Waals surface area contributed by atoms with Crippen molar-refractivity contribution in [1.29, 1.82) is 0 Å². The Morgan fingerprint density at radius 1 is 1.18 bits per heavy atom. The van der Waals surface area contributed by atoms with Gasteiger partial charge in [-0.05, 0) is 58.0 Å². The van der Waals surface area contributed by atoms with E-state index < -0.39 is 22.2 Å². The molecule has 2 aromatic carbocycles. The number of urea groups is 1. The fourth-order valence-electron chi connectivity index (χ4n) is 4.15. The maximum atomic E-state index is 13.6. The average Bonchev–Trinajstić information content (AvgIpc) is 2.85. The molecule has 0 aromatic heterocycles. The number of aliphatic hydroxyl groups is 1. The highest BCUT2D eigenvalue weighted by molar-refractivity contribution is 7.92. The number of amides is 3. The molecular weight excluding hydrogens is 508 g/mol. The summed E-state index contributed by atoms with van der Waals surface area (Å²) in [6.45, 7) is 9.59. The number of carbonyl (C=O) groups excluding carboxylic acids is 2. The van der Waals surface area contributed by atoms with Crippen LogP contribution in [-0.2, 0) is 10.0 Å². The van der Waals surface area contributed by atoms with Gasteiger partial charge in [0.25, 0.3) is 15.9 Å². The Balaban J connectivity index is 1.96. The fraction of sp³-hybridized carbons (Fsp3) is 0.481. The van der Waals surface area contributed by atoms with Crippen LogP contribution in [0.3, 0.4) is 0 Å². The van der Waals surface area contributed by atoms with E-state index >= 15 is 0 Å². The zero-order chi connectivity index (χ0) is 28.2. The van der Waals surface area contributed by atoms with Gasteiger partial charge in [-0.15, -0.1) is 0 Å². The third kappa shape index (κ3) is 6.96. The van der Waals surface area contributed by atoms with E-state index in [4.69, 9.17) is 4.74 Å². The van der Waals surface area contributed by atoms with Crippen LogP contribution in [0, 0.1) is 12.8 Å². The standard InChI is InChI=1S/C27H38N4O6S/c1-17(2)28-27(34)30(6)15-25-19(4)14-31(20(5)16-32)26(33)23-13-21(9-12-24(23)37-25)29-38(35,36)22-10-7-18(3)8-11-22/h7-13,17,19-20,25,29,32H,14-16H2,1-6H3,(H,28,34)/t19-,20-,25+/m1/s1. The molecule has 3 rings (SSSR count). The first-order valence-corrected chi connectivity index (χ1v) is 14.1. The molecule has 1 aliphatic heterocycles. The minimum atomic E-state index is -3.89. The lowest BCUT2D eigenvalue weighted by atomic mass is 9.99. The number of carbonyl (C=O) groups is 2. The highest BCUT2D eigenvalue weighted by Crippen LogP contribution is 2.31. The molecule has 0 aliphatic carbocycles. The number of likely N-dealkylation sites (N-methyl/N-ethyl adjacent to an activating group) is 1. The molecule has 208 valence electrons. The van der Waals surface area contributed by atoms with Crippen LogP contribution in [0.5, 0.6) is 5.75 Å². The first-order chi connectivity index (χ1) is 17.8. The molecule has 0 bridgehead atoms. The number of nitrogens with zero attached hydrogens (tertiary/aromatic N) is 2. The Morgan fingerprint density at radius 3 is 2.45 bits per heavy atom. The second kappa shape index (κ2) is 12.0. The van der Waals surface area contributed by atoms with E-state index in [1.165, 1.54) is 29.2 Å². The monoisotopic (exact) mass is 546 g/mol. The summed E-state index contributed by atoms with van der Waals surface area (Å²) in [4.78, 5) is 29.3. The minimum Gasteiger partial charge on any atom is -0.487 e. The maximum Gasteiger partial charge on any atom is 0.317 e. The number of anilines is 1. The molecule has 0 saturated carbocycles. The number of nitrogens with one attached hydrogen (secondary N) is 2. The SMILES string of the molecule is Cc1ccc(S(=O)(=O)Nc2ccc3c(c2)C(=O)N([C@H](C)CO)C[C@@H](C)[C@H](CN(C)C(=O)NC(C)C)O3)cc1. The average molecular weight is 547 g/mol. The van der Waals surface area contributed by atoms with Crippen LogP contribution < -0.4 is 14.8 Å². The lowest BCUT2D eigenvalue weighted by Gasteiger charge is -2.38. The van der Waals surface area contributed by atoms with Crippen LogP contribution in [0.15, 0.2) is 47.4 Å². The van der Waals surface area contributed by atoms with Crippen molar-refractivity contribution in [1.82, 2.24) is 15.1 Å². The Hall–Kier alpha value is -3.31. The normalized spacial score (nSPS) is 18.6. The van der Waals surface area contributed by atoms with Gasteiger partial charge in [0.2, 0.25) is 0 Å². The maximum absolute atomic E-state index is 13.6. The van der Waals surface area contributed by atoms with Crippen molar-refractivity contribution in [3.05, 3.63) is 53.6 Å². The van der Waals surface area contributed by atoms with Crippen LogP contribution in [0.4, 0.5) is 10.5 Å². The first-order valence-electron chi connectivity index (χ1n) is 12.7. The summed E-state index contributed by atoms with van der Waals surface area (Å²) < 4.78 is 34.7. The van der Waals surface area contributed by atoms with Crippen molar-refractivity contribution in [3.63, 3.8) is 0 Å². The van der Waals surface area contributed by atoms with Gasteiger partial charge in [-0.25, -0.2) is 13.2 Å². The summed E-state index contributed by atoms with van der Waals surface area (Å²) in [6.07, 6.45) is -0.465. The van der Waals surface area contributed by atoms with Gasteiger partial charge < -0.3 is 25.0 Å². The van der Waals surface area contributed by atoms with Crippen LogP contribution >= 0.6 is 0 Å². The molecule has 38 heavy (non-hydrogen) atoms. The summed E-state index contributed by atoms with van der Waals surface area (Å²) in [5.41, 5.74) is 1.30. The quantitative estimate of drug-likeness (QED) is 0.467. The Morgan fingerprint density at radius 2 is 1.84 bits per heavy atom. The third-order valence-electron chi connectivity index (χ3n) is 6.46. The lowest BCUT2D eigenvalue weighted by Crippen LogP contribution is -2.51. The van der Waals surface area contributed by atoms with Crippen LogP contribution in [0.25, 0.3) is 0 Å². The van der Waals surface area contributed by atoms with Gasteiger partial charge in [-0.3, -0.25) is 9.52 Å². The Bertz CT molecular complexity index is 1250. The molecule has 3 N–H and O–H groups in total. The summed E-state index contributed by atoms with van der Waals surface area (Å²) in [7, 11) is -2.21. The lowest BCUT2D eigenvalue weighted by molar-refractivity contribution is 0.0366. The number of fused-ring (bicyclic) bond motifs is 1. The first kappa shape index (κ1) is 29.2. The number of aryl methyl sites for hydroxylation is 1. The molecule has 10 nitrogen and oxygen atoms in total. The molecule has 0 fully saturated rings. The van der Waals surface area contributed by atoms with Gasteiger partial charge in [0.1, 0.15) is 11.9 Å².